The van der Waals surface area contributed by atoms with Crippen LogP contribution in [-0.4, -0.2) is 28.4 Å². The first-order valence-electron chi connectivity index (χ1n) is 11.3. The van der Waals surface area contributed by atoms with Gasteiger partial charge in [0.15, 0.2) is 8.32 Å². The van der Waals surface area contributed by atoms with Crippen LogP contribution in [0, 0.1) is 13.8 Å². The number of aliphatic hydroxyl groups excluding tert-OH is 1. The van der Waals surface area contributed by atoms with E-state index < -0.39 is 14.4 Å². The predicted molar refractivity (Wildman–Crippen MR) is 128 cm³/mol. The van der Waals surface area contributed by atoms with Gasteiger partial charge < -0.3 is 9.53 Å². The second kappa shape index (κ2) is 7.83. The number of aryl methyl sites for hydroxylation is 2. The molecule has 5 nitrogen and oxygen atoms in total. The zero-order chi connectivity index (χ0) is 22.6. The molecule has 1 aliphatic rings. The lowest BCUT2D eigenvalue weighted by Crippen LogP contribution is -2.40. The summed E-state index contributed by atoms with van der Waals surface area (Å²) in [4.78, 5) is 0. The Balaban J connectivity index is 1.61. The fourth-order valence-corrected chi connectivity index (χ4v) is 4.66. The van der Waals surface area contributed by atoms with E-state index in [4.69, 9.17) is 4.43 Å². The van der Waals surface area contributed by atoms with Crippen molar-refractivity contribution >= 4 is 19.4 Å². The number of fused-ring (bicyclic) bond motifs is 1. The second-order valence-electron chi connectivity index (χ2n) is 10.6. The second-order valence-corrected chi connectivity index (χ2v) is 15.4. The maximum atomic E-state index is 11.2. The molecule has 0 radical (unpaired) electrons. The molecule has 1 saturated carbocycles. The van der Waals surface area contributed by atoms with Gasteiger partial charge in [0.05, 0.1) is 18.2 Å². The van der Waals surface area contributed by atoms with Crippen molar-refractivity contribution in [2.45, 2.75) is 84.3 Å². The van der Waals surface area contributed by atoms with Crippen molar-refractivity contribution in [3.05, 3.63) is 58.1 Å². The van der Waals surface area contributed by atoms with E-state index >= 15 is 0 Å². The zero-order valence-corrected chi connectivity index (χ0v) is 20.9. The normalized spacial score (nSPS) is 16.1. The van der Waals surface area contributed by atoms with Crippen LogP contribution in [-0.2, 0) is 11.0 Å². The van der Waals surface area contributed by atoms with Crippen molar-refractivity contribution in [3.8, 4) is 0 Å². The number of hydrogen-bond donors (Lipinski definition) is 1. The van der Waals surface area contributed by atoms with Crippen molar-refractivity contribution in [1.82, 2.24) is 15.0 Å². The van der Waals surface area contributed by atoms with E-state index in [2.05, 4.69) is 69.3 Å². The summed E-state index contributed by atoms with van der Waals surface area (Å²) >= 11 is 0. The summed E-state index contributed by atoms with van der Waals surface area (Å²) in [5.74, 6) is 0. The fraction of sp³-hybridized carbons (Fsp3) is 0.520. The topological polar surface area (TPSA) is 60.2 Å². The van der Waals surface area contributed by atoms with Gasteiger partial charge in [-0.15, -0.1) is 5.10 Å². The fourth-order valence-electron chi connectivity index (χ4n) is 3.71. The molecule has 1 heterocycles. The Morgan fingerprint density at radius 1 is 1.16 bits per heavy atom. The number of hydrogen-bond acceptors (Lipinski definition) is 4. The van der Waals surface area contributed by atoms with Crippen LogP contribution >= 0.6 is 0 Å². The van der Waals surface area contributed by atoms with Crippen LogP contribution in [0.5, 0.6) is 0 Å². The molecular weight excluding hydrogens is 402 g/mol. The van der Waals surface area contributed by atoms with Gasteiger partial charge in [0, 0.05) is 0 Å². The monoisotopic (exact) mass is 437 g/mol. The van der Waals surface area contributed by atoms with Gasteiger partial charge in [0.25, 0.3) is 0 Å². The molecule has 1 atom stereocenters. The lowest BCUT2D eigenvalue weighted by atomic mass is 9.94. The number of benzene rings is 2. The van der Waals surface area contributed by atoms with Crippen LogP contribution in [0.15, 0.2) is 30.3 Å². The first-order valence-corrected chi connectivity index (χ1v) is 14.2. The number of nitrogens with zero attached hydrogens (tertiary/aromatic N) is 3. The molecule has 1 aliphatic carbocycles. The molecule has 4 rings (SSSR count). The van der Waals surface area contributed by atoms with Crippen LogP contribution in [0.1, 0.15) is 73.6 Å². The molecule has 1 aromatic heterocycles. The van der Waals surface area contributed by atoms with E-state index in [0.29, 0.717) is 12.6 Å². The highest BCUT2D eigenvalue weighted by Gasteiger charge is 2.37. The van der Waals surface area contributed by atoms with E-state index in [-0.39, 0.29) is 5.04 Å². The Labute approximate surface area is 186 Å². The smallest absolute Gasteiger partial charge is 0.192 e. The molecule has 0 amide bonds. The van der Waals surface area contributed by atoms with Gasteiger partial charge in [0.2, 0.25) is 0 Å². The molecule has 166 valence electrons. The lowest BCUT2D eigenvalue weighted by Gasteiger charge is -2.36. The van der Waals surface area contributed by atoms with Gasteiger partial charge in [-0.1, -0.05) is 50.3 Å². The summed E-state index contributed by atoms with van der Waals surface area (Å²) in [6.45, 7) is 16.0. The lowest BCUT2D eigenvalue weighted by molar-refractivity contribution is 0.219. The molecule has 1 unspecified atom stereocenters. The van der Waals surface area contributed by atoms with Gasteiger partial charge >= 0.3 is 0 Å². The van der Waals surface area contributed by atoms with Gasteiger partial charge in [-0.2, -0.15) is 0 Å². The van der Waals surface area contributed by atoms with Gasteiger partial charge in [-0.05, 0) is 78.7 Å². The third-order valence-corrected chi connectivity index (χ3v) is 11.7. The molecule has 0 spiro atoms. The van der Waals surface area contributed by atoms with E-state index in [1.54, 1.807) is 0 Å². The van der Waals surface area contributed by atoms with Crippen molar-refractivity contribution in [2.24, 2.45) is 0 Å². The molecule has 2 aromatic carbocycles. The third kappa shape index (κ3) is 4.21. The number of rotatable bonds is 6. The Kier molecular flexibility index (Phi) is 5.61. The largest absolute Gasteiger partial charge is 0.413 e. The van der Waals surface area contributed by atoms with Gasteiger partial charge in [-0.3, -0.25) is 0 Å². The van der Waals surface area contributed by atoms with Crippen molar-refractivity contribution in [3.63, 3.8) is 0 Å². The van der Waals surface area contributed by atoms with Crippen LogP contribution < -0.4 is 0 Å². The van der Waals surface area contributed by atoms with Crippen LogP contribution in [0.25, 0.3) is 11.0 Å². The minimum absolute atomic E-state index is 0.169. The Bertz CT molecular complexity index is 1110. The Morgan fingerprint density at radius 3 is 2.52 bits per heavy atom. The molecule has 0 saturated heterocycles. The van der Waals surface area contributed by atoms with E-state index in [1.165, 1.54) is 18.4 Å². The average molecular weight is 438 g/mol. The van der Waals surface area contributed by atoms with Crippen LogP contribution in [0.4, 0.5) is 0 Å². The Hall–Kier alpha value is -2.02. The molecule has 1 N–H and O–H groups in total. The molecule has 3 aromatic rings. The first-order chi connectivity index (χ1) is 14.5. The quantitative estimate of drug-likeness (QED) is 0.481. The van der Waals surface area contributed by atoms with E-state index in [9.17, 15) is 5.11 Å². The average Bonchev–Trinajstić information content (AvgIpc) is 3.45. The first kappa shape index (κ1) is 22.2. The summed E-state index contributed by atoms with van der Waals surface area (Å²) < 4.78 is 8.48. The van der Waals surface area contributed by atoms with Gasteiger partial charge in [0.1, 0.15) is 11.6 Å². The summed E-state index contributed by atoms with van der Waals surface area (Å²) in [5, 5.41) is 20.2. The van der Waals surface area contributed by atoms with Crippen molar-refractivity contribution in [1.29, 1.82) is 0 Å². The molecule has 6 heteroatoms. The minimum atomic E-state index is -1.84. The summed E-state index contributed by atoms with van der Waals surface area (Å²) in [7, 11) is -1.84. The summed E-state index contributed by atoms with van der Waals surface area (Å²) in [6.07, 6.45) is 1.64. The third-order valence-electron chi connectivity index (χ3n) is 7.21. The van der Waals surface area contributed by atoms with Gasteiger partial charge in [-0.25, -0.2) is 4.68 Å². The van der Waals surface area contributed by atoms with Crippen LogP contribution in [0.3, 0.4) is 0 Å². The van der Waals surface area contributed by atoms with Crippen molar-refractivity contribution < 1.29 is 9.53 Å². The number of aliphatic hydroxyl groups is 1. The number of aromatic nitrogens is 3. The Morgan fingerprint density at radius 2 is 1.87 bits per heavy atom. The standard InChI is InChI=1S/C25H35N3O2Si/c1-16-8-9-18(14-19(16)15-30-31(6,7)25(3,4)5)24(29)21-12-13-22-23(17(21)2)26-27-28(22)20-10-11-20/h8-9,12-14,20,24,29H,10-11,15H2,1-7H3. The zero-order valence-electron chi connectivity index (χ0n) is 19.9. The SMILES string of the molecule is Cc1ccc(C(O)c2ccc3c(nnn3C3CC3)c2C)cc1CO[Si](C)(C)C(C)(C)C. The molecule has 0 bridgehead atoms. The maximum absolute atomic E-state index is 11.2. The highest BCUT2D eigenvalue weighted by Crippen LogP contribution is 2.39. The predicted octanol–water partition coefficient (Wildman–Crippen LogP) is 5.99. The minimum Gasteiger partial charge on any atom is -0.413 e. The highest BCUT2D eigenvalue weighted by atomic mass is 28.4. The summed E-state index contributed by atoms with van der Waals surface area (Å²) in [6, 6.07) is 10.8. The van der Waals surface area contributed by atoms with Crippen molar-refractivity contribution in [2.75, 3.05) is 0 Å². The molecule has 31 heavy (non-hydrogen) atoms. The van der Waals surface area contributed by atoms with E-state index in [0.717, 1.165) is 33.3 Å². The molecule has 1 fully saturated rings. The van der Waals surface area contributed by atoms with Crippen LogP contribution in [0.2, 0.25) is 18.1 Å². The maximum Gasteiger partial charge on any atom is 0.192 e. The highest BCUT2D eigenvalue weighted by molar-refractivity contribution is 6.74. The molecular formula is C25H35N3O2Si. The van der Waals surface area contributed by atoms with E-state index in [1.807, 2.05) is 23.7 Å². The summed E-state index contributed by atoms with van der Waals surface area (Å²) in [5.41, 5.74) is 7.04. The molecule has 0 aliphatic heterocycles.